The molecule has 1 saturated heterocycles. The van der Waals surface area contributed by atoms with Gasteiger partial charge in [0.2, 0.25) is 5.82 Å². The molecule has 0 atom stereocenters. The maximum absolute atomic E-state index is 5.81. The van der Waals surface area contributed by atoms with Crippen molar-refractivity contribution in [2.24, 2.45) is 0 Å². The first-order chi connectivity index (χ1) is 10.2. The number of hydrogen-bond acceptors (Lipinski definition) is 6. The highest BCUT2D eigenvalue weighted by atomic mass is 16.5. The molecule has 0 saturated carbocycles. The van der Waals surface area contributed by atoms with E-state index in [2.05, 4.69) is 26.5 Å². The van der Waals surface area contributed by atoms with Gasteiger partial charge in [-0.15, -0.1) is 0 Å². The molecule has 0 radical (unpaired) electrons. The quantitative estimate of drug-likeness (QED) is 0.928. The monoisotopic (exact) mass is 288 g/mol. The zero-order valence-corrected chi connectivity index (χ0v) is 12.4. The van der Waals surface area contributed by atoms with E-state index < -0.39 is 0 Å². The average Bonchev–Trinajstić information content (AvgIpc) is 2.95. The Labute approximate surface area is 123 Å². The van der Waals surface area contributed by atoms with E-state index >= 15 is 0 Å². The van der Waals surface area contributed by atoms with Gasteiger partial charge in [0.25, 0.3) is 5.89 Å². The summed E-state index contributed by atoms with van der Waals surface area (Å²) in [5, 5.41) is 7.31. The van der Waals surface area contributed by atoms with Crippen LogP contribution in [0.4, 0.5) is 0 Å². The molecule has 1 fully saturated rings. The Morgan fingerprint density at radius 1 is 1.33 bits per heavy atom. The van der Waals surface area contributed by atoms with Crippen LogP contribution in [0.5, 0.6) is 0 Å². The topological polar surface area (TPSA) is 73.1 Å². The zero-order chi connectivity index (χ0) is 14.7. The molecule has 0 bridgehead atoms. The smallest absolute Gasteiger partial charge is 0.253 e. The number of pyridine rings is 1. The van der Waals surface area contributed by atoms with Crippen molar-refractivity contribution in [3.05, 3.63) is 29.3 Å². The third-order valence-corrected chi connectivity index (χ3v) is 3.62. The Morgan fingerprint density at radius 2 is 2.14 bits per heavy atom. The molecule has 6 heteroatoms. The molecule has 3 heterocycles. The second-order valence-corrected chi connectivity index (χ2v) is 5.45. The number of nitrogens with zero attached hydrogens (tertiary/aromatic N) is 3. The van der Waals surface area contributed by atoms with E-state index in [1.807, 2.05) is 20.0 Å². The minimum absolute atomic E-state index is 0.279. The van der Waals surface area contributed by atoms with Crippen LogP contribution in [0.3, 0.4) is 0 Å². The van der Waals surface area contributed by atoms with Crippen LogP contribution in [-0.2, 0) is 11.3 Å². The first kappa shape index (κ1) is 14.2. The van der Waals surface area contributed by atoms with Crippen LogP contribution in [-0.4, -0.2) is 34.3 Å². The number of aryl methyl sites for hydroxylation is 2. The van der Waals surface area contributed by atoms with Gasteiger partial charge in [0.15, 0.2) is 0 Å². The summed E-state index contributed by atoms with van der Waals surface area (Å²) < 4.78 is 11.1. The lowest BCUT2D eigenvalue weighted by Crippen LogP contribution is -2.32. The third-order valence-electron chi connectivity index (χ3n) is 3.62. The molecule has 2 aromatic rings. The van der Waals surface area contributed by atoms with Crippen molar-refractivity contribution in [1.82, 2.24) is 20.4 Å². The van der Waals surface area contributed by atoms with Crippen LogP contribution in [0.25, 0.3) is 11.5 Å². The summed E-state index contributed by atoms with van der Waals surface area (Å²) in [4.78, 5) is 8.75. The van der Waals surface area contributed by atoms with Gasteiger partial charge in [-0.1, -0.05) is 11.2 Å². The molecule has 3 rings (SSSR count). The Balaban J connectivity index is 1.65. The summed E-state index contributed by atoms with van der Waals surface area (Å²) in [6.07, 6.45) is 4.14. The molecular formula is C15H20N4O2. The molecule has 0 unspecified atom stereocenters. The second kappa shape index (κ2) is 6.32. The molecule has 6 nitrogen and oxygen atoms in total. The summed E-state index contributed by atoms with van der Waals surface area (Å²) in [5.41, 5.74) is 2.92. The van der Waals surface area contributed by atoms with Crippen molar-refractivity contribution in [3.63, 3.8) is 0 Å². The van der Waals surface area contributed by atoms with Gasteiger partial charge < -0.3 is 14.6 Å². The molecule has 0 amide bonds. The summed E-state index contributed by atoms with van der Waals surface area (Å²) >= 11 is 0. The van der Waals surface area contributed by atoms with Crippen molar-refractivity contribution in [2.45, 2.75) is 39.4 Å². The van der Waals surface area contributed by atoms with Crippen LogP contribution in [0.2, 0.25) is 0 Å². The minimum Gasteiger partial charge on any atom is -0.368 e. The third kappa shape index (κ3) is 3.46. The van der Waals surface area contributed by atoms with Crippen LogP contribution in [0, 0.1) is 13.8 Å². The first-order valence-electron chi connectivity index (χ1n) is 7.31. The van der Waals surface area contributed by atoms with E-state index in [1.54, 1.807) is 0 Å². The number of rotatable bonds is 4. The summed E-state index contributed by atoms with van der Waals surface area (Å²) in [6, 6.07) is 2.06. The predicted octanol–water partition coefficient (Wildman–Crippen LogP) is 2.02. The van der Waals surface area contributed by atoms with E-state index in [1.165, 1.54) is 0 Å². The molecule has 21 heavy (non-hydrogen) atoms. The van der Waals surface area contributed by atoms with E-state index in [-0.39, 0.29) is 6.10 Å². The number of piperidine rings is 1. The van der Waals surface area contributed by atoms with Crippen LogP contribution < -0.4 is 5.32 Å². The predicted molar refractivity (Wildman–Crippen MR) is 77.7 cm³/mol. The molecule has 1 aliphatic heterocycles. The largest absolute Gasteiger partial charge is 0.368 e. The van der Waals surface area contributed by atoms with Crippen LogP contribution in [0.1, 0.15) is 29.9 Å². The fourth-order valence-corrected chi connectivity index (χ4v) is 2.51. The fourth-order valence-electron chi connectivity index (χ4n) is 2.51. The summed E-state index contributed by atoms with van der Waals surface area (Å²) in [7, 11) is 0. The molecule has 0 spiro atoms. The zero-order valence-electron chi connectivity index (χ0n) is 12.4. The highest BCUT2D eigenvalue weighted by Gasteiger charge is 2.16. The van der Waals surface area contributed by atoms with Gasteiger partial charge >= 0.3 is 0 Å². The molecule has 1 N–H and O–H groups in total. The van der Waals surface area contributed by atoms with Gasteiger partial charge in [-0.3, -0.25) is 4.98 Å². The molecule has 0 aliphatic carbocycles. The molecular weight excluding hydrogens is 268 g/mol. The fraction of sp³-hybridized carbons (Fsp3) is 0.533. The van der Waals surface area contributed by atoms with Crippen molar-refractivity contribution >= 4 is 0 Å². The van der Waals surface area contributed by atoms with E-state index in [4.69, 9.17) is 9.26 Å². The standard InChI is InChI=1S/C15H20N4O2/c1-10-7-11(2)14(17-8-10)15-18-13(21-19-15)9-20-12-3-5-16-6-4-12/h7-8,12,16H,3-6,9H2,1-2H3. The van der Waals surface area contributed by atoms with E-state index in [9.17, 15) is 0 Å². The summed E-state index contributed by atoms with van der Waals surface area (Å²) in [6.45, 7) is 6.39. The minimum atomic E-state index is 0.279. The lowest BCUT2D eigenvalue weighted by Gasteiger charge is -2.21. The van der Waals surface area contributed by atoms with Crippen molar-refractivity contribution in [2.75, 3.05) is 13.1 Å². The Bertz CT molecular complexity index is 605. The first-order valence-corrected chi connectivity index (χ1v) is 7.31. The van der Waals surface area contributed by atoms with Gasteiger partial charge in [0, 0.05) is 6.20 Å². The van der Waals surface area contributed by atoms with Crippen molar-refractivity contribution in [1.29, 1.82) is 0 Å². The number of nitrogens with one attached hydrogen (secondary N) is 1. The van der Waals surface area contributed by atoms with Crippen LogP contribution >= 0.6 is 0 Å². The Morgan fingerprint density at radius 3 is 2.90 bits per heavy atom. The maximum atomic E-state index is 5.81. The average molecular weight is 288 g/mol. The number of ether oxygens (including phenoxy) is 1. The van der Waals surface area contributed by atoms with Gasteiger partial charge in [0.1, 0.15) is 12.3 Å². The van der Waals surface area contributed by atoms with Crippen molar-refractivity contribution < 1.29 is 9.26 Å². The molecule has 0 aromatic carbocycles. The maximum Gasteiger partial charge on any atom is 0.253 e. The van der Waals surface area contributed by atoms with E-state index in [0.717, 1.165) is 42.8 Å². The van der Waals surface area contributed by atoms with Gasteiger partial charge in [-0.25, -0.2) is 0 Å². The van der Waals surface area contributed by atoms with Crippen LogP contribution in [0.15, 0.2) is 16.8 Å². The normalized spacial score (nSPS) is 16.3. The lowest BCUT2D eigenvalue weighted by molar-refractivity contribution is 0.00859. The highest BCUT2D eigenvalue weighted by molar-refractivity contribution is 5.53. The Kier molecular flexibility index (Phi) is 4.26. The molecule has 1 aliphatic rings. The van der Waals surface area contributed by atoms with Gasteiger partial charge in [-0.05, 0) is 50.9 Å². The van der Waals surface area contributed by atoms with Crippen molar-refractivity contribution in [3.8, 4) is 11.5 Å². The molecule has 112 valence electrons. The summed E-state index contributed by atoms with van der Waals surface area (Å²) in [5.74, 6) is 1.03. The van der Waals surface area contributed by atoms with Gasteiger partial charge in [-0.2, -0.15) is 4.98 Å². The number of hydrogen-bond donors (Lipinski definition) is 1. The van der Waals surface area contributed by atoms with E-state index in [0.29, 0.717) is 18.3 Å². The SMILES string of the molecule is Cc1cnc(-c2noc(COC3CCNCC3)n2)c(C)c1. The van der Waals surface area contributed by atoms with Gasteiger partial charge in [0.05, 0.1) is 6.10 Å². The number of aromatic nitrogens is 3. The highest BCUT2D eigenvalue weighted by Crippen LogP contribution is 2.19. The second-order valence-electron chi connectivity index (χ2n) is 5.45. The molecule has 2 aromatic heterocycles. The lowest BCUT2D eigenvalue weighted by atomic mass is 10.1. The Hall–Kier alpha value is -1.79.